The number of hydrogen-bond acceptors (Lipinski definition) is 3. The molecule has 2 nitrogen and oxygen atoms in total. The zero-order valence-electron chi connectivity index (χ0n) is 13.5. The lowest BCUT2D eigenvalue weighted by molar-refractivity contribution is 0.446. The summed E-state index contributed by atoms with van der Waals surface area (Å²) in [4.78, 5) is 6.05. The van der Waals surface area contributed by atoms with E-state index in [4.69, 9.17) is 4.98 Å². The highest BCUT2D eigenvalue weighted by atomic mass is 32.1. The Hall–Kier alpha value is -1.19. The number of thiazole rings is 1. The quantitative estimate of drug-likeness (QED) is 0.816. The molecule has 2 atom stereocenters. The van der Waals surface area contributed by atoms with Crippen LogP contribution in [0.5, 0.6) is 0 Å². The van der Waals surface area contributed by atoms with Crippen LogP contribution in [0, 0.1) is 13.8 Å². The minimum absolute atomic E-state index is 0.442. The molecule has 2 rings (SSSR count). The predicted octanol–water partition coefficient (Wildman–Crippen LogP) is 4.47. The summed E-state index contributed by atoms with van der Waals surface area (Å²) < 4.78 is 0. The van der Waals surface area contributed by atoms with E-state index in [2.05, 4.69) is 63.3 Å². The largest absolute Gasteiger partial charge is 0.313 e. The highest BCUT2D eigenvalue weighted by Gasteiger charge is 2.20. The summed E-state index contributed by atoms with van der Waals surface area (Å²) in [6.45, 7) is 9.85. The van der Waals surface area contributed by atoms with E-state index in [-0.39, 0.29) is 0 Å². The van der Waals surface area contributed by atoms with Crippen LogP contribution in [0.4, 0.5) is 0 Å². The smallest absolute Gasteiger partial charge is 0.0946 e. The topological polar surface area (TPSA) is 24.9 Å². The fraction of sp³-hybridized carbons (Fsp3) is 0.500. The molecule has 1 aromatic carbocycles. The number of rotatable bonds is 7. The molecule has 1 heterocycles. The molecule has 1 aromatic heterocycles. The lowest BCUT2D eigenvalue weighted by Crippen LogP contribution is -2.36. The number of hydrogen-bond donors (Lipinski definition) is 1. The van der Waals surface area contributed by atoms with Gasteiger partial charge in [-0.1, -0.05) is 44.2 Å². The van der Waals surface area contributed by atoms with E-state index in [0.717, 1.165) is 19.4 Å². The lowest BCUT2D eigenvalue weighted by Gasteiger charge is -2.25. The van der Waals surface area contributed by atoms with Gasteiger partial charge in [0.25, 0.3) is 0 Å². The second-order valence-corrected chi connectivity index (χ2v) is 7.00. The third-order valence-electron chi connectivity index (χ3n) is 4.05. The van der Waals surface area contributed by atoms with Gasteiger partial charge in [0.2, 0.25) is 0 Å². The average Bonchev–Trinajstić information content (AvgIpc) is 2.82. The minimum Gasteiger partial charge on any atom is -0.313 e. The monoisotopic (exact) mass is 302 g/mol. The molecule has 0 aliphatic carbocycles. The van der Waals surface area contributed by atoms with Gasteiger partial charge < -0.3 is 5.32 Å². The zero-order valence-corrected chi connectivity index (χ0v) is 14.3. The fourth-order valence-electron chi connectivity index (χ4n) is 2.56. The van der Waals surface area contributed by atoms with Crippen LogP contribution in [0.2, 0.25) is 0 Å². The molecule has 0 aliphatic heterocycles. The molecule has 0 fully saturated rings. The summed E-state index contributed by atoms with van der Waals surface area (Å²) in [7, 11) is 0. The van der Waals surface area contributed by atoms with Gasteiger partial charge in [0.15, 0.2) is 0 Å². The molecule has 0 bridgehead atoms. The molecule has 1 N–H and O–H groups in total. The molecule has 0 saturated carbocycles. The molecule has 0 aliphatic rings. The van der Waals surface area contributed by atoms with E-state index in [9.17, 15) is 0 Å². The van der Waals surface area contributed by atoms with Crippen molar-refractivity contribution in [1.29, 1.82) is 0 Å². The van der Waals surface area contributed by atoms with Crippen LogP contribution in [0.25, 0.3) is 0 Å². The van der Waals surface area contributed by atoms with E-state index >= 15 is 0 Å². The standard InChI is InChI=1S/C18H26N2S/c1-5-11-19-17(12-18-20-14(3)15(4)21-18)13(2)16-9-7-6-8-10-16/h6-10,13,17,19H,5,11-12H2,1-4H3. The van der Waals surface area contributed by atoms with E-state index in [1.807, 2.05) is 11.3 Å². The average molecular weight is 302 g/mol. The molecule has 21 heavy (non-hydrogen) atoms. The van der Waals surface area contributed by atoms with Crippen molar-refractivity contribution in [3.8, 4) is 0 Å². The Bertz CT molecular complexity index is 528. The molecule has 0 radical (unpaired) electrons. The SMILES string of the molecule is CCCNC(Cc1nc(C)c(C)s1)C(C)c1ccccc1. The highest BCUT2D eigenvalue weighted by molar-refractivity contribution is 7.11. The second-order valence-electron chi connectivity index (χ2n) is 5.71. The fourth-order valence-corrected chi connectivity index (χ4v) is 3.55. The summed E-state index contributed by atoms with van der Waals surface area (Å²) in [6, 6.07) is 11.2. The third-order valence-corrected chi connectivity index (χ3v) is 5.15. The summed E-state index contributed by atoms with van der Waals surface area (Å²) in [5.74, 6) is 0.488. The third kappa shape index (κ3) is 4.39. The number of aromatic nitrogens is 1. The van der Waals surface area contributed by atoms with Crippen molar-refractivity contribution in [3.05, 3.63) is 51.5 Å². The van der Waals surface area contributed by atoms with Crippen molar-refractivity contribution in [2.75, 3.05) is 6.54 Å². The molecule has 0 amide bonds. The Morgan fingerprint density at radius 2 is 1.90 bits per heavy atom. The van der Waals surface area contributed by atoms with Crippen LogP contribution in [0.3, 0.4) is 0 Å². The van der Waals surface area contributed by atoms with Crippen molar-refractivity contribution in [2.45, 2.75) is 52.5 Å². The van der Waals surface area contributed by atoms with Crippen molar-refractivity contribution in [3.63, 3.8) is 0 Å². The van der Waals surface area contributed by atoms with Gasteiger partial charge in [-0.15, -0.1) is 11.3 Å². The van der Waals surface area contributed by atoms with Crippen LogP contribution in [0.1, 0.15) is 47.3 Å². The molecule has 0 saturated heterocycles. The zero-order chi connectivity index (χ0) is 15.2. The van der Waals surface area contributed by atoms with Crippen LogP contribution in [-0.4, -0.2) is 17.6 Å². The number of nitrogens with one attached hydrogen (secondary N) is 1. The van der Waals surface area contributed by atoms with Crippen molar-refractivity contribution in [1.82, 2.24) is 10.3 Å². The summed E-state index contributed by atoms with van der Waals surface area (Å²) >= 11 is 1.84. The van der Waals surface area contributed by atoms with Gasteiger partial charge in [-0.2, -0.15) is 0 Å². The van der Waals surface area contributed by atoms with Crippen molar-refractivity contribution in [2.24, 2.45) is 0 Å². The first kappa shape index (κ1) is 16.2. The van der Waals surface area contributed by atoms with Crippen LogP contribution >= 0.6 is 11.3 Å². The number of aryl methyl sites for hydroxylation is 2. The Balaban J connectivity index is 2.13. The number of nitrogens with zero attached hydrogens (tertiary/aromatic N) is 1. The van der Waals surface area contributed by atoms with Gasteiger partial charge in [0.1, 0.15) is 0 Å². The first-order valence-electron chi connectivity index (χ1n) is 7.83. The predicted molar refractivity (Wildman–Crippen MR) is 92.2 cm³/mol. The van der Waals surface area contributed by atoms with Gasteiger partial charge in [0, 0.05) is 17.3 Å². The maximum absolute atomic E-state index is 4.71. The van der Waals surface area contributed by atoms with Crippen LogP contribution in [0.15, 0.2) is 30.3 Å². The van der Waals surface area contributed by atoms with E-state index in [0.29, 0.717) is 12.0 Å². The van der Waals surface area contributed by atoms with E-state index < -0.39 is 0 Å². The lowest BCUT2D eigenvalue weighted by atomic mass is 9.91. The summed E-state index contributed by atoms with van der Waals surface area (Å²) in [6.07, 6.45) is 2.17. The van der Waals surface area contributed by atoms with Gasteiger partial charge in [-0.05, 0) is 38.3 Å². The molecule has 2 unspecified atom stereocenters. The Morgan fingerprint density at radius 1 is 1.19 bits per heavy atom. The van der Waals surface area contributed by atoms with E-state index in [1.165, 1.54) is 21.1 Å². The van der Waals surface area contributed by atoms with Crippen LogP contribution < -0.4 is 5.32 Å². The number of benzene rings is 1. The Morgan fingerprint density at radius 3 is 2.48 bits per heavy atom. The Kier molecular flexibility index (Phi) is 5.95. The first-order valence-corrected chi connectivity index (χ1v) is 8.64. The van der Waals surface area contributed by atoms with Gasteiger partial charge in [-0.3, -0.25) is 0 Å². The summed E-state index contributed by atoms with van der Waals surface area (Å²) in [5.41, 5.74) is 2.58. The van der Waals surface area contributed by atoms with Crippen molar-refractivity contribution >= 4 is 11.3 Å². The minimum atomic E-state index is 0.442. The molecule has 3 heteroatoms. The maximum atomic E-state index is 4.71. The molecular weight excluding hydrogens is 276 g/mol. The van der Waals surface area contributed by atoms with Gasteiger partial charge in [0.05, 0.1) is 10.7 Å². The van der Waals surface area contributed by atoms with E-state index in [1.54, 1.807) is 0 Å². The normalized spacial score (nSPS) is 14.1. The molecular formula is C18H26N2S. The first-order chi connectivity index (χ1) is 10.1. The highest BCUT2D eigenvalue weighted by Crippen LogP contribution is 2.24. The van der Waals surface area contributed by atoms with Gasteiger partial charge in [-0.25, -0.2) is 4.98 Å². The van der Waals surface area contributed by atoms with Gasteiger partial charge >= 0.3 is 0 Å². The Labute approximate surface area is 132 Å². The maximum Gasteiger partial charge on any atom is 0.0946 e. The summed E-state index contributed by atoms with van der Waals surface area (Å²) in [5, 5.41) is 4.96. The van der Waals surface area contributed by atoms with Crippen molar-refractivity contribution < 1.29 is 0 Å². The molecule has 2 aromatic rings. The van der Waals surface area contributed by atoms with Crippen LogP contribution in [-0.2, 0) is 6.42 Å². The molecule has 0 spiro atoms. The molecule has 114 valence electrons. The second kappa shape index (κ2) is 7.71.